The van der Waals surface area contributed by atoms with E-state index in [1.807, 2.05) is 0 Å². The standard InChI is InChI=1S/C8H6F2N2O5S/c9-4-1-5(10)8(14)6(2-4)11-3-7(13)12(15)18(11,16)17/h1-2,14-15H,3H2. The number of benzene rings is 1. The molecule has 0 atom stereocenters. The summed E-state index contributed by atoms with van der Waals surface area (Å²) in [5, 5.41) is 18.3. The Morgan fingerprint density at radius 1 is 1.28 bits per heavy atom. The highest BCUT2D eigenvalue weighted by Gasteiger charge is 2.43. The highest BCUT2D eigenvalue weighted by Crippen LogP contribution is 2.35. The number of hydroxylamine groups is 1. The van der Waals surface area contributed by atoms with Crippen molar-refractivity contribution in [2.24, 2.45) is 0 Å². The molecule has 0 aliphatic carbocycles. The summed E-state index contributed by atoms with van der Waals surface area (Å²) in [5.41, 5.74) is -0.766. The van der Waals surface area contributed by atoms with Crippen molar-refractivity contribution in [3.8, 4) is 5.75 Å². The molecule has 1 saturated heterocycles. The molecule has 0 saturated carbocycles. The molecule has 7 nitrogen and oxygen atoms in total. The smallest absolute Gasteiger partial charge is 0.352 e. The van der Waals surface area contributed by atoms with Crippen LogP contribution in [0.25, 0.3) is 0 Å². The molecule has 10 heteroatoms. The van der Waals surface area contributed by atoms with Crippen LogP contribution in [0.4, 0.5) is 14.5 Å². The van der Waals surface area contributed by atoms with Crippen LogP contribution in [0.15, 0.2) is 12.1 Å². The number of carbonyl (C=O) groups is 1. The molecule has 0 radical (unpaired) electrons. The zero-order chi connectivity index (χ0) is 13.7. The minimum Gasteiger partial charge on any atom is -0.503 e. The minimum absolute atomic E-state index is 0.191. The molecule has 0 aromatic heterocycles. The molecule has 1 fully saturated rings. The van der Waals surface area contributed by atoms with E-state index in [2.05, 4.69) is 0 Å². The van der Waals surface area contributed by atoms with Gasteiger partial charge in [-0.15, -0.1) is 0 Å². The van der Waals surface area contributed by atoms with Crippen molar-refractivity contribution in [3.05, 3.63) is 23.8 Å². The van der Waals surface area contributed by atoms with Crippen LogP contribution in [0.5, 0.6) is 5.75 Å². The monoisotopic (exact) mass is 280 g/mol. The van der Waals surface area contributed by atoms with Crippen LogP contribution in [0.3, 0.4) is 0 Å². The first-order valence-corrected chi connectivity index (χ1v) is 5.87. The predicted octanol–water partition coefficient (Wildman–Crippen LogP) is -0.0470. The third-order valence-electron chi connectivity index (χ3n) is 2.27. The van der Waals surface area contributed by atoms with E-state index in [0.29, 0.717) is 12.1 Å². The molecular formula is C8H6F2N2O5S. The molecule has 98 valence electrons. The van der Waals surface area contributed by atoms with Gasteiger partial charge < -0.3 is 5.11 Å². The normalized spacial score (nSPS) is 18.5. The van der Waals surface area contributed by atoms with E-state index in [1.54, 1.807) is 0 Å². The number of phenolic OH excluding ortho intramolecular Hbond substituents is 1. The van der Waals surface area contributed by atoms with Crippen LogP contribution < -0.4 is 4.31 Å². The van der Waals surface area contributed by atoms with Gasteiger partial charge in [-0.1, -0.05) is 4.47 Å². The van der Waals surface area contributed by atoms with Crippen LogP contribution >= 0.6 is 0 Å². The van der Waals surface area contributed by atoms with Gasteiger partial charge in [0, 0.05) is 12.1 Å². The lowest BCUT2D eigenvalue weighted by molar-refractivity contribution is -0.142. The first-order valence-electron chi connectivity index (χ1n) is 4.48. The number of nitrogens with zero attached hydrogens (tertiary/aromatic N) is 2. The molecule has 0 bridgehead atoms. The van der Waals surface area contributed by atoms with Gasteiger partial charge in [0.15, 0.2) is 11.6 Å². The highest BCUT2D eigenvalue weighted by atomic mass is 32.2. The summed E-state index contributed by atoms with van der Waals surface area (Å²) in [7, 11) is -4.64. The second-order valence-electron chi connectivity index (χ2n) is 3.41. The summed E-state index contributed by atoms with van der Waals surface area (Å²) in [6.07, 6.45) is 0. The van der Waals surface area contributed by atoms with Crippen molar-refractivity contribution in [2.45, 2.75) is 0 Å². The molecule has 0 spiro atoms. The first-order chi connectivity index (χ1) is 8.25. The second kappa shape index (κ2) is 3.78. The molecule has 1 aromatic carbocycles. The summed E-state index contributed by atoms with van der Waals surface area (Å²) in [4.78, 5) is 11.0. The lowest BCUT2D eigenvalue weighted by Crippen LogP contribution is -2.31. The summed E-state index contributed by atoms with van der Waals surface area (Å²) in [6, 6.07) is 0.877. The van der Waals surface area contributed by atoms with Crippen LogP contribution in [0.2, 0.25) is 0 Å². The van der Waals surface area contributed by atoms with E-state index in [4.69, 9.17) is 5.21 Å². The fourth-order valence-corrected chi connectivity index (χ4v) is 2.60. The zero-order valence-corrected chi connectivity index (χ0v) is 9.36. The number of anilines is 1. The Hall–Kier alpha value is -1.94. The lowest BCUT2D eigenvalue weighted by Gasteiger charge is -2.17. The fraction of sp³-hybridized carbons (Fsp3) is 0.125. The largest absolute Gasteiger partial charge is 0.503 e. The molecule has 2 rings (SSSR count). The van der Waals surface area contributed by atoms with E-state index < -0.39 is 50.2 Å². The lowest BCUT2D eigenvalue weighted by atomic mass is 10.2. The number of halogens is 2. The number of amides is 1. The summed E-state index contributed by atoms with van der Waals surface area (Å²) < 4.78 is 48.7. The number of hydrogen-bond donors (Lipinski definition) is 2. The number of phenols is 1. The Morgan fingerprint density at radius 3 is 2.39 bits per heavy atom. The van der Waals surface area contributed by atoms with Crippen molar-refractivity contribution >= 4 is 21.8 Å². The van der Waals surface area contributed by atoms with Gasteiger partial charge in [0.2, 0.25) is 0 Å². The second-order valence-corrected chi connectivity index (χ2v) is 5.09. The average Bonchev–Trinajstić information content (AvgIpc) is 2.47. The van der Waals surface area contributed by atoms with Crippen LogP contribution in [-0.4, -0.2) is 35.7 Å². The molecule has 1 aliphatic heterocycles. The third-order valence-corrected chi connectivity index (χ3v) is 3.79. The van der Waals surface area contributed by atoms with E-state index in [9.17, 15) is 27.1 Å². The van der Waals surface area contributed by atoms with Gasteiger partial charge in [-0.2, -0.15) is 8.42 Å². The predicted molar refractivity (Wildman–Crippen MR) is 52.9 cm³/mol. The number of rotatable bonds is 1. The maximum Gasteiger partial charge on any atom is 0.352 e. The summed E-state index contributed by atoms with van der Waals surface area (Å²) >= 11 is 0. The fourth-order valence-electron chi connectivity index (χ4n) is 1.44. The van der Waals surface area contributed by atoms with Gasteiger partial charge in [0.25, 0.3) is 5.91 Å². The van der Waals surface area contributed by atoms with Gasteiger partial charge in [-0.3, -0.25) is 10.0 Å². The van der Waals surface area contributed by atoms with Crippen LogP contribution in [-0.2, 0) is 15.0 Å². The van der Waals surface area contributed by atoms with Crippen molar-refractivity contribution in [3.63, 3.8) is 0 Å². The molecule has 18 heavy (non-hydrogen) atoms. The van der Waals surface area contributed by atoms with Crippen molar-refractivity contribution in [1.29, 1.82) is 0 Å². The van der Waals surface area contributed by atoms with Crippen molar-refractivity contribution < 1.29 is 32.3 Å². The van der Waals surface area contributed by atoms with Crippen LogP contribution in [0, 0.1) is 11.6 Å². The number of aromatic hydroxyl groups is 1. The molecule has 1 aliphatic rings. The molecule has 1 heterocycles. The van der Waals surface area contributed by atoms with Gasteiger partial charge >= 0.3 is 10.2 Å². The Labute approximate surface area is 99.6 Å². The summed E-state index contributed by atoms with van der Waals surface area (Å²) in [5.74, 6) is -4.87. The van der Waals surface area contributed by atoms with Crippen molar-refractivity contribution in [1.82, 2.24) is 4.47 Å². The number of carbonyl (C=O) groups excluding carboxylic acids is 1. The van der Waals surface area contributed by atoms with E-state index in [-0.39, 0.29) is 4.31 Å². The Kier molecular flexibility index (Phi) is 2.63. The maximum atomic E-state index is 13.1. The summed E-state index contributed by atoms with van der Waals surface area (Å²) in [6.45, 7) is -0.866. The van der Waals surface area contributed by atoms with E-state index in [0.717, 1.165) is 0 Å². The average molecular weight is 280 g/mol. The quantitative estimate of drug-likeness (QED) is 0.703. The van der Waals surface area contributed by atoms with E-state index >= 15 is 0 Å². The zero-order valence-electron chi connectivity index (χ0n) is 8.54. The number of hydrogen-bond acceptors (Lipinski definition) is 5. The Bertz CT molecular complexity index is 633. The maximum absolute atomic E-state index is 13.1. The van der Waals surface area contributed by atoms with E-state index in [1.165, 1.54) is 0 Å². The molecule has 2 N–H and O–H groups in total. The first kappa shape index (κ1) is 12.5. The highest BCUT2D eigenvalue weighted by molar-refractivity contribution is 7.91. The van der Waals surface area contributed by atoms with Crippen LogP contribution in [0.1, 0.15) is 0 Å². The van der Waals surface area contributed by atoms with Gasteiger partial charge in [-0.05, 0) is 0 Å². The molecular weight excluding hydrogens is 274 g/mol. The Morgan fingerprint density at radius 2 is 1.89 bits per heavy atom. The van der Waals surface area contributed by atoms with Gasteiger partial charge in [0.05, 0.1) is 0 Å². The molecule has 0 unspecified atom stereocenters. The molecule has 1 aromatic rings. The topological polar surface area (TPSA) is 98.2 Å². The van der Waals surface area contributed by atoms with Gasteiger partial charge in [0.1, 0.15) is 18.0 Å². The minimum atomic E-state index is -4.64. The SMILES string of the molecule is O=C1CN(c2cc(F)cc(F)c2O)S(=O)(=O)N1O. The Balaban J connectivity index is 2.61. The van der Waals surface area contributed by atoms with Crippen molar-refractivity contribution in [2.75, 3.05) is 10.8 Å². The third kappa shape index (κ3) is 1.66. The molecule has 1 amide bonds. The van der Waals surface area contributed by atoms with Gasteiger partial charge in [-0.25, -0.2) is 13.1 Å².